The van der Waals surface area contributed by atoms with Crippen molar-refractivity contribution in [2.24, 2.45) is 0 Å². The van der Waals surface area contributed by atoms with Gasteiger partial charge in [-0.1, -0.05) is 17.1 Å². The SMILES string of the molecule is [B]c1c(Cl)c(OCC(C)(C#N)NC(=O)c2ccc(OC(F)(F)F)cc2)cc(C)c1CO. The molecular formula is C20H17BClF3N2O4. The van der Waals surface area contributed by atoms with Gasteiger partial charge in [0.2, 0.25) is 0 Å². The number of aryl methyl sites for hydroxylation is 1. The Balaban J connectivity index is 2.11. The van der Waals surface area contributed by atoms with Gasteiger partial charge in [-0.3, -0.25) is 4.79 Å². The van der Waals surface area contributed by atoms with Crippen LogP contribution in [0, 0.1) is 18.3 Å². The van der Waals surface area contributed by atoms with E-state index in [1.807, 2.05) is 6.07 Å². The van der Waals surface area contributed by atoms with E-state index in [0.717, 1.165) is 24.3 Å². The average Bonchev–Trinajstić information content (AvgIpc) is 2.69. The van der Waals surface area contributed by atoms with Gasteiger partial charge in [0, 0.05) is 5.56 Å². The number of hydrogen-bond donors (Lipinski definition) is 2. The zero-order valence-corrected chi connectivity index (χ0v) is 17.3. The molecule has 0 fully saturated rings. The van der Waals surface area contributed by atoms with Crippen LogP contribution in [-0.4, -0.2) is 37.4 Å². The van der Waals surface area contributed by atoms with E-state index in [4.69, 9.17) is 24.2 Å². The maximum absolute atomic E-state index is 12.4. The van der Waals surface area contributed by atoms with Crippen LogP contribution < -0.4 is 20.3 Å². The fraction of sp³-hybridized carbons (Fsp3) is 0.300. The van der Waals surface area contributed by atoms with Gasteiger partial charge in [0.1, 0.15) is 26.0 Å². The van der Waals surface area contributed by atoms with Crippen LogP contribution >= 0.6 is 11.6 Å². The van der Waals surface area contributed by atoms with Crippen LogP contribution in [0.2, 0.25) is 5.02 Å². The number of aliphatic hydroxyl groups is 1. The van der Waals surface area contributed by atoms with Crippen molar-refractivity contribution in [2.45, 2.75) is 32.4 Å². The Morgan fingerprint density at radius 3 is 2.45 bits per heavy atom. The smallest absolute Gasteiger partial charge is 0.488 e. The molecule has 0 aliphatic rings. The van der Waals surface area contributed by atoms with Gasteiger partial charge >= 0.3 is 6.36 Å². The van der Waals surface area contributed by atoms with Crippen molar-refractivity contribution in [3.05, 3.63) is 52.0 Å². The molecule has 2 rings (SSSR count). The first-order valence-electron chi connectivity index (χ1n) is 8.80. The molecule has 0 bridgehead atoms. The minimum absolute atomic E-state index is 0.0152. The second-order valence-corrected chi connectivity index (χ2v) is 7.19. The lowest BCUT2D eigenvalue weighted by atomic mass is 9.87. The number of amides is 1. The lowest BCUT2D eigenvalue weighted by Gasteiger charge is -2.24. The number of nitrogens with one attached hydrogen (secondary N) is 1. The molecule has 0 aliphatic heterocycles. The molecule has 2 aromatic rings. The van der Waals surface area contributed by atoms with Gasteiger partial charge in [-0.15, -0.1) is 13.2 Å². The minimum Gasteiger partial charge on any atom is -0.488 e. The van der Waals surface area contributed by atoms with Gasteiger partial charge in [-0.25, -0.2) is 0 Å². The molecule has 6 nitrogen and oxygen atoms in total. The summed E-state index contributed by atoms with van der Waals surface area (Å²) in [5.74, 6) is -1.02. The van der Waals surface area contributed by atoms with E-state index in [1.54, 1.807) is 13.0 Å². The molecule has 1 unspecified atom stereocenters. The second-order valence-electron chi connectivity index (χ2n) is 6.81. The summed E-state index contributed by atoms with van der Waals surface area (Å²) in [5.41, 5.74) is -0.265. The number of ether oxygens (including phenoxy) is 2. The van der Waals surface area contributed by atoms with Crippen LogP contribution in [0.4, 0.5) is 13.2 Å². The zero-order valence-electron chi connectivity index (χ0n) is 16.5. The van der Waals surface area contributed by atoms with E-state index in [0.29, 0.717) is 11.1 Å². The van der Waals surface area contributed by atoms with Crippen molar-refractivity contribution in [1.29, 1.82) is 5.26 Å². The highest BCUT2D eigenvalue weighted by Gasteiger charge is 2.31. The lowest BCUT2D eigenvalue weighted by molar-refractivity contribution is -0.274. The molecule has 0 aliphatic carbocycles. The fourth-order valence-corrected chi connectivity index (χ4v) is 2.81. The van der Waals surface area contributed by atoms with Crippen LogP contribution in [-0.2, 0) is 6.61 Å². The molecule has 31 heavy (non-hydrogen) atoms. The molecule has 0 saturated heterocycles. The molecule has 0 saturated carbocycles. The van der Waals surface area contributed by atoms with Crippen molar-refractivity contribution in [3.8, 4) is 17.6 Å². The monoisotopic (exact) mass is 452 g/mol. The van der Waals surface area contributed by atoms with E-state index in [1.165, 1.54) is 6.92 Å². The van der Waals surface area contributed by atoms with Crippen molar-refractivity contribution in [3.63, 3.8) is 0 Å². The molecule has 2 N–H and O–H groups in total. The molecule has 1 amide bonds. The predicted octanol–water partition coefficient (Wildman–Crippen LogP) is 2.92. The first-order valence-corrected chi connectivity index (χ1v) is 9.17. The third-order valence-electron chi connectivity index (χ3n) is 4.26. The number of aliphatic hydroxyl groups excluding tert-OH is 1. The van der Waals surface area contributed by atoms with Gasteiger partial charge in [-0.2, -0.15) is 5.26 Å². The fourth-order valence-electron chi connectivity index (χ4n) is 2.59. The predicted molar refractivity (Wildman–Crippen MR) is 108 cm³/mol. The molecule has 2 radical (unpaired) electrons. The van der Waals surface area contributed by atoms with Gasteiger partial charge in [0.05, 0.1) is 17.7 Å². The summed E-state index contributed by atoms with van der Waals surface area (Å²) in [6, 6.07) is 7.69. The Kier molecular flexibility index (Phi) is 7.47. The van der Waals surface area contributed by atoms with E-state index in [9.17, 15) is 28.3 Å². The average molecular weight is 453 g/mol. The van der Waals surface area contributed by atoms with Crippen molar-refractivity contribution in [1.82, 2.24) is 5.32 Å². The number of hydrogen-bond acceptors (Lipinski definition) is 5. The summed E-state index contributed by atoms with van der Waals surface area (Å²) in [7, 11) is 5.89. The number of rotatable bonds is 7. The molecule has 11 heteroatoms. The number of carbonyl (C=O) groups is 1. The Morgan fingerprint density at radius 2 is 1.94 bits per heavy atom. The minimum atomic E-state index is -4.85. The van der Waals surface area contributed by atoms with Crippen molar-refractivity contribution < 1.29 is 32.5 Å². The zero-order chi connectivity index (χ0) is 23.4. The Hall–Kier alpha value is -2.90. The van der Waals surface area contributed by atoms with Gasteiger partial charge < -0.3 is 19.9 Å². The first kappa shape index (κ1) is 24.4. The molecule has 1 atom stereocenters. The number of nitriles is 1. The summed E-state index contributed by atoms with van der Waals surface area (Å²) < 4.78 is 46.0. The van der Waals surface area contributed by atoms with Crippen LogP contribution in [0.25, 0.3) is 0 Å². The van der Waals surface area contributed by atoms with Gasteiger partial charge in [-0.05, 0) is 55.3 Å². The second kappa shape index (κ2) is 9.50. The molecule has 0 aromatic heterocycles. The van der Waals surface area contributed by atoms with E-state index >= 15 is 0 Å². The number of nitrogens with zero attached hydrogens (tertiary/aromatic N) is 1. The van der Waals surface area contributed by atoms with Crippen molar-refractivity contribution >= 4 is 30.8 Å². The van der Waals surface area contributed by atoms with E-state index in [-0.39, 0.29) is 35.0 Å². The van der Waals surface area contributed by atoms with Crippen LogP contribution in [0.3, 0.4) is 0 Å². The largest absolute Gasteiger partial charge is 0.573 e. The number of alkyl halides is 3. The highest BCUT2D eigenvalue weighted by molar-refractivity contribution is 6.46. The summed E-state index contributed by atoms with van der Waals surface area (Å²) in [6.07, 6.45) is -4.85. The number of benzene rings is 2. The summed E-state index contributed by atoms with van der Waals surface area (Å²) in [5, 5.41) is 21.4. The van der Waals surface area contributed by atoms with Crippen LogP contribution in [0.5, 0.6) is 11.5 Å². The van der Waals surface area contributed by atoms with Gasteiger partial charge in [0.25, 0.3) is 5.91 Å². The molecule has 162 valence electrons. The maximum atomic E-state index is 12.4. The summed E-state index contributed by atoms with van der Waals surface area (Å²) >= 11 is 6.16. The Bertz CT molecular complexity index is 1010. The summed E-state index contributed by atoms with van der Waals surface area (Å²) in [4.78, 5) is 12.4. The Labute approximate surface area is 182 Å². The summed E-state index contributed by atoms with van der Waals surface area (Å²) in [6.45, 7) is 2.48. The highest BCUT2D eigenvalue weighted by Crippen LogP contribution is 2.27. The lowest BCUT2D eigenvalue weighted by Crippen LogP contribution is -2.49. The van der Waals surface area contributed by atoms with Crippen LogP contribution in [0.1, 0.15) is 28.4 Å². The molecule has 0 heterocycles. The van der Waals surface area contributed by atoms with E-state index < -0.39 is 23.6 Å². The maximum Gasteiger partial charge on any atom is 0.573 e. The molecule has 0 spiro atoms. The highest BCUT2D eigenvalue weighted by atomic mass is 35.5. The number of carbonyl (C=O) groups excluding carboxylic acids is 1. The molecular weight excluding hydrogens is 435 g/mol. The number of halogens is 4. The topological polar surface area (TPSA) is 91.6 Å². The van der Waals surface area contributed by atoms with Gasteiger partial charge in [0.15, 0.2) is 5.54 Å². The normalized spacial score (nSPS) is 13.1. The van der Waals surface area contributed by atoms with Crippen molar-refractivity contribution in [2.75, 3.05) is 6.61 Å². The quantitative estimate of drug-likeness (QED) is 0.630. The Morgan fingerprint density at radius 1 is 1.32 bits per heavy atom. The third-order valence-corrected chi connectivity index (χ3v) is 4.65. The standard InChI is InChI=1S/C20H17BClF3N2O4/c1-11-7-15(17(22)16(21)14(11)8-28)30-10-19(2,9-26)27-18(29)12-3-5-13(6-4-12)31-20(23,24)25/h3-7,28H,8,10H2,1-2H3,(H,27,29). The molecule has 2 aromatic carbocycles. The first-order chi connectivity index (χ1) is 14.4. The van der Waals surface area contributed by atoms with Crippen LogP contribution in [0.15, 0.2) is 30.3 Å². The third kappa shape index (κ3) is 6.29. The van der Waals surface area contributed by atoms with E-state index in [2.05, 4.69) is 10.1 Å².